The third kappa shape index (κ3) is 3.74. The van der Waals surface area contributed by atoms with Crippen molar-refractivity contribution in [3.05, 3.63) is 162 Å². The average molecular weight is 483 g/mol. The summed E-state index contributed by atoms with van der Waals surface area (Å²) in [6.45, 7) is 0. The molecule has 5 aromatic carbocycles. The maximum Gasteiger partial charge on any atom is 0.152 e. The molecule has 0 fully saturated rings. The Balaban J connectivity index is 1.68. The van der Waals surface area contributed by atoms with Gasteiger partial charge in [-0.3, -0.25) is 4.79 Å². The number of carbonyl (C=O) groups excluding carboxylic acids is 1. The van der Waals surface area contributed by atoms with Gasteiger partial charge in [-0.15, -0.1) is 0 Å². The normalized spacial score (nSPS) is 11.5. The lowest BCUT2D eigenvalue weighted by Gasteiger charge is -2.38. The Bertz CT molecular complexity index is 1600. The molecule has 0 saturated carbocycles. The fraction of sp³-hybridized carbons (Fsp3) is 0.0303. The maximum absolute atomic E-state index is 14.5. The molecule has 3 nitrogen and oxygen atoms in total. The van der Waals surface area contributed by atoms with Gasteiger partial charge in [-0.05, 0) is 52.1 Å². The highest BCUT2D eigenvalue weighted by molar-refractivity contribution is 5.84. The zero-order valence-corrected chi connectivity index (χ0v) is 20.0. The lowest BCUT2D eigenvalue weighted by Crippen LogP contribution is -2.37. The number of nitrogens with zero attached hydrogens (tertiary/aromatic N) is 2. The molecule has 6 rings (SSSR count). The van der Waals surface area contributed by atoms with Crippen LogP contribution in [0.4, 0.5) is 4.39 Å². The summed E-state index contributed by atoms with van der Waals surface area (Å²) < 4.78 is 16.7. The van der Waals surface area contributed by atoms with Crippen LogP contribution in [-0.4, -0.2) is 15.8 Å². The zero-order chi connectivity index (χ0) is 25.2. The van der Waals surface area contributed by atoms with Crippen LogP contribution < -0.4 is 0 Å². The van der Waals surface area contributed by atoms with Gasteiger partial charge >= 0.3 is 0 Å². The second-order valence-electron chi connectivity index (χ2n) is 8.98. The second kappa shape index (κ2) is 9.32. The summed E-state index contributed by atoms with van der Waals surface area (Å²) in [4.78, 5) is 15.9. The van der Waals surface area contributed by atoms with Gasteiger partial charge in [0.2, 0.25) is 0 Å². The molecule has 0 aliphatic heterocycles. The van der Waals surface area contributed by atoms with E-state index in [0.717, 1.165) is 33.3 Å². The SMILES string of the molecule is O=Cc1ccc(-c2ccc3ncn(C(c4ccccc4)(c4ccccc4)c4ccccc4)c3c2)cc1F. The van der Waals surface area contributed by atoms with Gasteiger partial charge in [-0.25, -0.2) is 9.37 Å². The Morgan fingerprint density at radius 2 is 1.16 bits per heavy atom. The molecule has 0 spiro atoms. The lowest BCUT2D eigenvalue weighted by atomic mass is 9.76. The quantitative estimate of drug-likeness (QED) is 0.182. The van der Waals surface area contributed by atoms with Crippen LogP contribution in [0.15, 0.2) is 134 Å². The van der Waals surface area contributed by atoms with Gasteiger partial charge in [0.25, 0.3) is 0 Å². The van der Waals surface area contributed by atoms with Gasteiger partial charge in [0.15, 0.2) is 6.29 Å². The van der Waals surface area contributed by atoms with Crippen molar-refractivity contribution < 1.29 is 9.18 Å². The standard InChI is InChI=1S/C33H23FN2O/c34-30-20-24(16-17-26(30)22-37)25-18-19-31-32(21-25)36(23-35-31)33(27-10-4-1-5-11-27,28-12-6-2-7-13-28)29-14-8-3-9-15-29/h1-23H. The molecule has 0 amide bonds. The molecule has 0 aliphatic carbocycles. The molecule has 37 heavy (non-hydrogen) atoms. The third-order valence-electron chi connectivity index (χ3n) is 6.94. The average Bonchev–Trinajstić information content (AvgIpc) is 3.39. The van der Waals surface area contributed by atoms with E-state index in [-0.39, 0.29) is 5.56 Å². The summed E-state index contributed by atoms with van der Waals surface area (Å²) in [5.41, 5.74) is 5.91. The van der Waals surface area contributed by atoms with Gasteiger partial charge in [-0.1, -0.05) is 103 Å². The predicted octanol–water partition coefficient (Wildman–Crippen LogP) is 7.50. The van der Waals surface area contributed by atoms with Crippen LogP contribution in [0.3, 0.4) is 0 Å². The van der Waals surface area contributed by atoms with Gasteiger partial charge < -0.3 is 4.57 Å². The lowest BCUT2D eigenvalue weighted by molar-refractivity contribution is 0.112. The maximum atomic E-state index is 14.5. The molecule has 0 bridgehead atoms. The van der Waals surface area contributed by atoms with Crippen molar-refractivity contribution in [1.29, 1.82) is 0 Å². The van der Waals surface area contributed by atoms with E-state index in [0.29, 0.717) is 11.8 Å². The topological polar surface area (TPSA) is 34.9 Å². The Morgan fingerprint density at radius 1 is 0.649 bits per heavy atom. The number of hydrogen-bond donors (Lipinski definition) is 0. The van der Waals surface area contributed by atoms with Crippen LogP contribution in [0, 0.1) is 5.82 Å². The molecule has 0 atom stereocenters. The molecule has 6 aromatic rings. The van der Waals surface area contributed by atoms with E-state index in [1.165, 1.54) is 12.1 Å². The molecule has 0 unspecified atom stereocenters. The Kier molecular flexibility index (Phi) is 5.70. The van der Waals surface area contributed by atoms with Crippen molar-refractivity contribution in [3.8, 4) is 11.1 Å². The van der Waals surface area contributed by atoms with Crippen LogP contribution in [0.25, 0.3) is 22.2 Å². The fourth-order valence-corrected chi connectivity index (χ4v) is 5.21. The highest BCUT2D eigenvalue weighted by Crippen LogP contribution is 2.43. The first kappa shape index (κ1) is 22.6. The molecule has 4 heteroatoms. The molecule has 0 N–H and O–H groups in total. The Hall–Kier alpha value is -4.83. The smallest absolute Gasteiger partial charge is 0.152 e. The summed E-state index contributed by atoms with van der Waals surface area (Å²) in [6.07, 6.45) is 2.42. The van der Waals surface area contributed by atoms with Crippen LogP contribution in [0.2, 0.25) is 0 Å². The van der Waals surface area contributed by atoms with Crippen LogP contribution in [-0.2, 0) is 5.54 Å². The summed E-state index contributed by atoms with van der Waals surface area (Å²) in [5.74, 6) is -0.534. The van der Waals surface area contributed by atoms with Gasteiger partial charge in [-0.2, -0.15) is 0 Å². The number of aromatic nitrogens is 2. The van der Waals surface area contributed by atoms with Crippen molar-refractivity contribution in [2.75, 3.05) is 0 Å². The monoisotopic (exact) mass is 482 g/mol. The molecule has 0 saturated heterocycles. The number of fused-ring (bicyclic) bond motifs is 1. The minimum Gasteiger partial charge on any atom is -0.312 e. The van der Waals surface area contributed by atoms with Crippen molar-refractivity contribution >= 4 is 17.3 Å². The first-order valence-electron chi connectivity index (χ1n) is 12.1. The molecule has 178 valence electrons. The van der Waals surface area contributed by atoms with E-state index >= 15 is 0 Å². The number of benzene rings is 5. The molecular formula is C33H23FN2O. The van der Waals surface area contributed by atoms with E-state index in [1.807, 2.05) is 42.7 Å². The van der Waals surface area contributed by atoms with E-state index < -0.39 is 11.4 Å². The molecular weight excluding hydrogens is 459 g/mol. The van der Waals surface area contributed by atoms with E-state index in [2.05, 4.69) is 77.4 Å². The number of halogens is 1. The van der Waals surface area contributed by atoms with Crippen molar-refractivity contribution in [1.82, 2.24) is 9.55 Å². The highest BCUT2D eigenvalue weighted by Gasteiger charge is 2.39. The Morgan fingerprint density at radius 3 is 1.68 bits per heavy atom. The minimum atomic E-state index is -0.705. The number of rotatable bonds is 6. The minimum absolute atomic E-state index is 0.0473. The first-order valence-corrected chi connectivity index (χ1v) is 12.1. The third-order valence-corrected chi connectivity index (χ3v) is 6.94. The summed E-state index contributed by atoms with van der Waals surface area (Å²) in [7, 11) is 0. The van der Waals surface area contributed by atoms with Gasteiger partial charge in [0.05, 0.1) is 22.9 Å². The summed E-state index contributed by atoms with van der Waals surface area (Å²) in [5, 5.41) is 0. The summed E-state index contributed by atoms with van der Waals surface area (Å²) in [6, 6.07) is 41.9. The largest absolute Gasteiger partial charge is 0.312 e. The number of aldehydes is 1. The molecule has 1 aromatic heterocycles. The number of imidazole rings is 1. The van der Waals surface area contributed by atoms with Crippen molar-refractivity contribution in [2.45, 2.75) is 5.54 Å². The number of hydrogen-bond acceptors (Lipinski definition) is 2. The van der Waals surface area contributed by atoms with Crippen LogP contribution in [0.5, 0.6) is 0 Å². The van der Waals surface area contributed by atoms with E-state index in [1.54, 1.807) is 6.07 Å². The Labute approximate surface area is 214 Å². The number of carbonyl (C=O) groups is 1. The van der Waals surface area contributed by atoms with Crippen LogP contribution >= 0.6 is 0 Å². The predicted molar refractivity (Wildman–Crippen MR) is 145 cm³/mol. The zero-order valence-electron chi connectivity index (χ0n) is 20.0. The van der Waals surface area contributed by atoms with Crippen LogP contribution in [0.1, 0.15) is 27.0 Å². The first-order chi connectivity index (χ1) is 18.2. The van der Waals surface area contributed by atoms with Gasteiger partial charge in [0, 0.05) is 0 Å². The molecule has 0 aliphatic rings. The van der Waals surface area contributed by atoms with Crippen molar-refractivity contribution in [3.63, 3.8) is 0 Å². The molecule has 0 radical (unpaired) electrons. The van der Waals surface area contributed by atoms with E-state index in [4.69, 9.17) is 4.98 Å². The second-order valence-corrected chi connectivity index (χ2v) is 8.98. The highest BCUT2D eigenvalue weighted by atomic mass is 19.1. The fourth-order valence-electron chi connectivity index (χ4n) is 5.21. The van der Waals surface area contributed by atoms with E-state index in [9.17, 15) is 9.18 Å². The van der Waals surface area contributed by atoms with Gasteiger partial charge in [0.1, 0.15) is 11.4 Å². The van der Waals surface area contributed by atoms with Crippen molar-refractivity contribution in [2.24, 2.45) is 0 Å². The molecule has 1 heterocycles. The summed E-state index contributed by atoms with van der Waals surface area (Å²) >= 11 is 0.